The number of halogens is 2. The van der Waals surface area contributed by atoms with Gasteiger partial charge in [-0.3, -0.25) is 14.5 Å². The number of furan rings is 1. The minimum Gasteiger partial charge on any atom is -0.503 e. The SMILES string of the molecule is COc1cc(C2C(C(=O)c3ccco3)=C(O)C(=O)N2c2nnc(SCc3ccc(Cl)cc3Cl)s2)cc(OC)c1OC. The van der Waals surface area contributed by atoms with E-state index >= 15 is 0 Å². The topological polar surface area (TPSA) is 124 Å². The van der Waals surface area contributed by atoms with Crippen LogP contribution in [0, 0.1) is 0 Å². The van der Waals surface area contributed by atoms with Gasteiger partial charge in [0.25, 0.3) is 5.91 Å². The quantitative estimate of drug-likeness (QED) is 0.117. The number of anilines is 1. The molecule has 1 amide bonds. The second kappa shape index (κ2) is 12.0. The zero-order chi connectivity index (χ0) is 29.3. The molecule has 1 N–H and O–H groups in total. The average Bonchev–Trinajstić information content (AvgIpc) is 3.72. The lowest BCUT2D eigenvalue weighted by atomic mass is 9.94. The largest absolute Gasteiger partial charge is 0.503 e. The molecule has 3 heterocycles. The van der Waals surface area contributed by atoms with Gasteiger partial charge in [0, 0.05) is 15.8 Å². The van der Waals surface area contributed by atoms with E-state index in [0.717, 1.165) is 16.9 Å². The fourth-order valence-corrected chi connectivity index (χ4v) is 6.71. The first-order valence-corrected chi connectivity index (χ1v) is 14.4. The molecule has 0 spiro atoms. The number of aromatic nitrogens is 2. The maximum absolute atomic E-state index is 13.5. The fourth-order valence-electron chi connectivity index (χ4n) is 4.29. The van der Waals surface area contributed by atoms with Crippen molar-refractivity contribution in [2.24, 2.45) is 0 Å². The number of Topliss-reactive ketones (excluding diaryl/α,β-unsaturated/α-hetero) is 1. The van der Waals surface area contributed by atoms with Crippen molar-refractivity contribution in [2.45, 2.75) is 16.1 Å². The van der Waals surface area contributed by atoms with E-state index in [2.05, 4.69) is 10.2 Å². The van der Waals surface area contributed by atoms with Gasteiger partial charge < -0.3 is 23.7 Å². The summed E-state index contributed by atoms with van der Waals surface area (Å²) in [4.78, 5) is 28.3. The van der Waals surface area contributed by atoms with Crippen LogP contribution < -0.4 is 19.1 Å². The van der Waals surface area contributed by atoms with Crippen molar-refractivity contribution in [1.82, 2.24) is 10.2 Å². The average molecular weight is 635 g/mol. The molecule has 1 aliphatic rings. The van der Waals surface area contributed by atoms with Crippen LogP contribution in [0.2, 0.25) is 10.0 Å². The monoisotopic (exact) mass is 633 g/mol. The summed E-state index contributed by atoms with van der Waals surface area (Å²) in [6, 6.07) is 10.3. The maximum atomic E-state index is 13.5. The van der Waals surface area contributed by atoms with Crippen molar-refractivity contribution < 1.29 is 33.3 Å². The van der Waals surface area contributed by atoms with Gasteiger partial charge in [-0.05, 0) is 47.5 Å². The molecule has 5 rings (SSSR count). The summed E-state index contributed by atoms with van der Waals surface area (Å²) in [6.07, 6.45) is 1.33. The molecular weight excluding hydrogens is 613 g/mol. The first-order valence-electron chi connectivity index (χ1n) is 11.8. The molecule has 0 bridgehead atoms. The number of amides is 1. The lowest BCUT2D eigenvalue weighted by molar-refractivity contribution is -0.117. The Kier molecular flexibility index (Phi) is 8.45. The normalized spacial score (nSPS) is 15.0. The fraction of sp³-hybridized carbons (Fsp3) is 0.185. The molecule has 4 aromatic rings. The molecule has 14 heteroatoms. The predicted octanol–water partition coefficient (Wildman–Crippen LogP) is 6.54. The Hall–Kier alpha value is -3.71. The van der Waals surface area contributed by atoms with E-state index in [1.165, 1.54) is 56.4 Å². The first kappa shape index (κ1) is 28.8. The van der Waals surface area contributed by atoms with E-state index in [0.29, 0.717) is 42.9 Å². The second-order valence-corrected chi connectivity index (χ2v) is 11.5. The van der Waals surface area contributed by atoms with Gasteiger partial charge in [0.1, 0.15) is 0 Å². The van der Waals surface area contributed by atoms with Crippen LogP contribution in [0.4, 0.5) is 5.13 Å². The molecule has 0 saturated carbocycles. The maximum Gasteiger partial charge on any atom is 0.296 e. The van der Waals surface area contributed by atoms with Crippen LogP contribution in [0.3, 0.4) is 0 Å². The van der Waals surface area contributed by atoms with E-state index in [1.54, 1.807) is 24.3 Å². The van der Waals surface area contributed by atoms with Crippen molar-refractivity contribution in [1.29, 1.82) is 0 Å². The van der Waals surface area contributed by atoms with E-state index in [1.807, 2.05) is 6.07 Å². The summed E-state index contributed by atoms with van der Waals surface area (Å²) in [7, 11) is 4.35. The van der Waals surface area contributed by atoms with Gasteiger partial charge >= 0.3 is 0 Å². The number of hydrogen-bond donors (Lipinski definition) is 1. The Bertz CT molecular complexity index is 1630. The molecule has 0 radical (unpaired) electrons. The molecule has 212 valence electrons. The molecular formula is C27H21Cl2N3O7S2. The van der Waals surface area contributed by atoms with Crippen molar-refractivity contribution in [2.75, 3.05) is 26.2 Å². The highest BCUT2D eigenvalue weighted by Gasteiger charge is 2.47. The smallest absolute Gasteiger partial charge is 0.296 e. The first-order chi connectivity index (χ1) is 19.8. The van der Waals surface area contributed by atoms with Crippen LogP contribution in [-0.4, -0.2) is 48.3 Å². The molecule has 1 atom stereocenters. The molecule has 1 unspecified atom stereocenters. The van der Waals surface area contributed by atoms with Crippen molar-refractivity contribution >= 4 is 63.1 Å². The molecule has 2 aromatic heterocycles. The highest BCUT2D eigenvalue weighted by atomic mass is 35.5. The lowest BCUT2D eigenvalue weighted by Crippen LogP contribution is -2.31. The van der Waals surface area contributed by atoms with Crippen molar-refractivity contribution in [3.05, 3.63) is 87.0 Å². The van der Waals surface area contributed by atoms with E-state index in [4.69, 9.17) is 41.8 Å². The molecule has 0 fully saturated rings. The Morgan fingerprint density at radius 3 is 2.44 bits per heavy atom. The summed E-state index contributed by atoms with van der Waals surface area (Å²) in [6.45, 7) is 0. The van der Waals surface area contributed by atoms with Gasteiger partial charge in [0.2, 0.25) is 16.7 Å². The number of ketones is 1. The Labute approximate surface area is 252 Å². The van der Waals surface area contributed by atoms with Crippen molar-refractivity contribution in [3.63, 3.8) is 0 Å². The summed E-state index contributed by atoms with van der Waals surface area (Å²) in [5.74, 6) is -0.907. The molecule has 10 nitrogen and oxygen atoms in total. The zero-order valence-electron chi connectivity index (χ0n) is 21.7. The van der Waals surface area contributed by atoms with Crippen LogP contribution in [-0.2, 0) is 10.5 Å². The van der Waals surface area contributed by atoms with Gasteiger partial charge in [0.05, 0.1) is 39.2 Å². The number of carbonyl (C=O) groups excluding carboxylic acids is 2. The number of nitrogens with zero attached hydrogens (tertiary/aromatic N) is 3. The molecule has 0 saturated heterocycles. The third-order valence-electron chi connectivity index (χ3n) is 6.17. The summed E-state index contributed by atoms with van der Waals surface area (Å²) in [5.41, 5.74) is 1.04. The second-order valence-electron chi connectivity index (χ2n) is 8.48. The van der Waals surface area contributed by atoms with Crippen LogP contribution in [0.15, 0.2) is 68.8 Å². The number of rotatable bonds is 10. The number of aliphatic hydroxyl groups excluding tert-OH is 1. The number of methoxy groups -OCH3 is 3. The summed E-state index contributed by atoms with van der Waals surface area (Å²) < 4.78 is 22.3. The number of ether oxygens (including phenoxy) is 3. The minimum atomic E-state index is -1.12. The number of thioether (sulfide) groups is 1. The minimum absolute atomic E-state index is 0.0491. The highest BCUT2D eigenvalue weighted by molar-refractivity contribution is 8.00. The van der Waals surface area contributed by atoms with Gasteiger partial charge in [-0.1, -0.05) is 52.4 Å². The third kappa shape index (κ3) is 5.47. The highest BCUT2D eigenvalue weighted by Crippen LogP contribution is 2.48. The summed E-state index contributed by atoms with van der Waals surface area (Å²) >= 11 is 14.8. The van der Waals surface area contributed by atoms with Crippen LogP contribution in [0.5, 0.6) is 17.2 Å². The van der Waals surface area contributed by atoms with Crippen LogP contribution in [0.1, 0.15) is 27.7 Å². The van der Waals surface area contributed by atoms with Gasteiger partial charge in [0.15, 0.2) is 27.4 Å². The Morgan fingerprint density at radius 1 is 1.10 bits per heavy atom. The van der Waals surface area contributed by atoms with E-state index in [-0.39, 0.29) is 16.5 Å². The van der Waals surface area contributed by atoms with Crippen LogP contribution in [0.25, 0.3) is 0 Å². The Morgan fingerprint density at radius 2 is 1.83 bits per heavy atom. The predicted molar refractivity (Wildman–Crippen MR) is 155 cm³/mol. The molecule has 41 heavy (non-hydrogen) atoms. The van der Waals surface area contributed by atoms with E-state index < -0.39 is 23.5 Å². The standard InChI is InChI=1S/C27H21Cl2N3O7S2/c1-36-18-9-14(10-19(37-2)24(18)38-3)21-20(22(33)17-5-4-8-39-17)23(34)25(35)32(21)26-30-31-27(41-26)40-12-13-6-7-15(28)11-16(13)29/h4-11,21,34H,12H2,1-3H3. The molecule has 1 aliphatic heterocycles. The van der Waals surface area contributed by atoms with Gasteiger partial charge in [-0.2, -0.15) is 0 Å². The number of aliphatic hydroxyl groups is 1. The Balaban J connectivity index is 1.56. The van der Waals surface area contributed by atoms with Gasteiger partial charge in [-0.15, -0.1) is 10.2 Å². The van der Waals surface area contributed by atoms with Crippen molar-refractivity contribution in [3.8, 4) is 17.2 Å². The van der Waals surface area contributed by atoms with Crippen LogP contribution >= 0.6 is 46.3 Å². The third-order valence-corrected chi connectivity index (χ3v) is 8.86. The number of hydrogen-bond acceptors (Lipinski definition) is 11. The molecule has 0 aliphatic carbocycles. The summed E-state index contributed by atoms with van der Waals surface area (Å²) in [5, 5.41) is 20.7. The lowest BCUT2D eigenvalue weighted by Gasteiger charge is -2.25. The number of carbonyl (C=O) groups is 2. The zero-order valence-corrected chi connectivity index (χ0v) is 24.9. The van der Waals surface area contributed by atoms with E-state index in [9.17, 15) is 14.7 Å². The van der Waals surface area contributed by atoms with Gasteiger partial charge in [-0.25, -0.2) is 0 Å². The number of benzene rings is 2. The molecule has 2 aromatic carbocycles.